The molecule has 3 N–H and O–H groups in total. The highest BCUT2D eigenvalue weighted by molar-refractivity contribution is 9.10. The van der Waals surface area contributed by atoms with E-state index in [1.807, 2.05) is 32.0 Å². The van der Waals surface area contributed by atoms with Crippen molar-refractivity contribution in [3.05, 3.63) is 67.2 Å². The number of nitrogens with one attached hydrogen (secondary N) is 1. The first-order valence-corrected chi connectivity index (χ1v) is 11.4. The lowest BCUT2D eigenvalue weighted by molar-refractivity contribution is 0.0952. The third-order valence-corrected chi connectivity index (χ3v) is 6.49. The van der Waals surface area contributed by atoms with E-state index in [9.17, 15) is 9.59 Å². The number of pyridine rings is 1. The maximum Gasteiger partial charge on any atom is 0.274 e. The number of nitrogens with two attached hydrogens (primary N) is 1. The van der Waals surface area contributed by atoms with Crippen LogP contribution in [0.25, 0.3) is 10.9 Å². The van der Waals surface area contributed by atoms with Crippen LogP contribution < -0.4 is 16.7 Å². The van der Waals surface area contributed by atoms with Gasteiger partial charge in [-0.3, -0.25) is 9.59 Å². The molecule has 0 aliphatic rings. The Kier molecular flexibility index (Phi) is 6.65. The lowest BCUT2D eigenvalue weighted by Gasteiger charge is -2.18. The van der Waals surface area contributed by atoms with Crippen LogP contribution in [0.2, 0.25) is 0 Å². The lowest BCUT2D eigenvalue weighted by atomic mass is 9.94. The van der Waals surface area contributed by atoms with Crippen molar-refractivity contribution in [2.24, 2.45) is 0 Å². The minimum absolute atomic E-state index is 0.132. The van der Waals surface area contributed by atoms with Crippen molar-refractivity contribution in [1.29, 1.82) is 0 Å². The molecule has 0 saturated heterocycles. The number of benzene rings is 1. The normalized spacial score (nSPS) is 12.5. The van der Waals surface area contributed by atoms with E-state index in [0.29, 0.717) is 16.8 Å². The first kappa shape index (κ1) is 23.1. The number of aromatic nitrogens is 2. The van der Waals surface area contributed by atoms with Crippen LogP contribution in [0, 0.1) is 13.8 Å². The molecule has 0 saturated carbocycles. The fourth-order valence-electron chi connectivity index (χ4n) is 4.07. The molecule has 1 unspecified atom stereocenters. The Hall–Kier alpha value is -2.54. The second kappa shape index (κ2) is 8.91. The third-order valence-electron chi connectivity index (χ3n) is 6.03. The number of hydrogen-bond donors (Lipinski definition) is 2. The van der Waals surface area contributed by atoms with Gasteiger partial charge in [-0.2, -0.15) is 0 Å². The number of carbonyl (C=O) groups is 1. The highest BCUT2D eigenvalue weighted by Crippen LogP contribution is 2.31. The number of amides is 1. The first-order valence-electron chi connectivity index (χ1n) is 10.7. The summed E-state index contributed by atoms with van der Waals surface area (Å²) in [6.45, 7) is 12.4. The Bertz CT molecular complexity index is 1210. The Morgan fingerprint density at radius 1 is 1.19 bits per heavy atom. The molecule has 2 aromatic heterocycles. The molecule has 0 fully saturated rings. The first-order chi connectivity index (χ1) is 14.6. The molecule has 6 nitrogen and oxygen atoms in total. The van der Waals surface area contributed by atoms with Crippen LogP contribution in [0.5, 0.6) is 0 Å². The summed E-state index contributed by atoms with van der Waals surface area (Å²) >= 11 is 3.55. The zero-order chi connectivity index (χ0) is 23.0. The third kappa shape index (κ3) is 4.28. The van der Waals surface area contributed by atoms with Gasteiger partial charge in [-0.1, -0.05) is 29.8 Å². The summed E-state index contributed by atoms with van der Waals surface area (Å²) in [4.78, 5) is 26.1. The number of aryl methyl sites for hydroxylation is 2. The summed E-state index contributed by atoms with van der Waals surface area (Å²) in [5.41, 5.74) is 4.55. The molecule has 2 heterocycles. The molecule has 31 heavy (non-hydrogen) atoms. The molecule has 1 amide bonds. The van der Waals surface area contributed by atoms with E-state index >= 15 is 0 Å². The van der Waals surface area contributed by atoms with Crippen LogP contribution in [0.3, 0.4) is 0 Å². The Morgan fingerprint density at radius 2 is 1.87 bits per heavy atom. The molecular formula is C24H31BrN4O2. The predicted octanol–water partition coefficient (Wildman–Crippen LogP) is 4.92. The van der Waals surface area contributed by atoms with Crippen LogP contribution in [0.1, 0.15) is 78.8 Å². The van der Waals surface area contributed by atoms with Crippen LogP contribution >= 0.6 is 15.9 Å². The molecule has 0 bridgehead atoms. The molecule has 166 valence electrons. The van der Waals surface area contributed by atoms with Crippen molar-refractivity contribution in [1.82, 2.24) is 14.6 Å². The maximum absolute atomic E-state index is 13.2. The monoisotopic (exact) mass is 486 g/mol. The number of halogens is 1. The largest absolute Gasteiger partial charge is 0.348 e. The SMILES string of the molecule is CCC(C)c1cc(C)n(N)c(=O)c1CNC(=O)c1cc(Br)cc2c1c(C)cn2C(C)C. The molecule has 1 aromatic carbocycles. The van der Waals surface area contributed by atoms with Crippen molar-refractivity contribution in [3.8, 4) is 0 Å². The van der Waals surface area contributed by atoms with Gasteiger partial charge in [0.1, 0.15) is 0 Å². The number of nitrogens with zero attached hydrogens (tertiary/aromatic N) is 2. The number of nitrogen functional groups attached to an aromatic ring is 1. The number of carbonyl (C=O) groups excluding carboxylic acids is 1. The zero-order valence-corrected chi connectivity index (χ0v) is 20.6. The number of fused-ring (bicyclic) bond motifs is 1. The number of rotatable bonds is 6. The summed E-state index contributed by atoms with van der Waals surface area (Å²) < 4.78 is 4.16. The van der Waals surface area contributed by atoms with Crippen molar-refractivity contribution in [2.75, 3.05) is 5.84 Å². The smallest absolute Gasteiger partial charge is 0.274 e. The average molecular weight is 487 g/mol. The van der Waals surface area contributed by atoms with Gasteiger partial charge in [0.25, 0.3) is 11.5 Å². The van der Waals surface area contributed by atoms with Gasteiger partial charge in [0.05, 0.1) is 11.1 Å². The average Bonchev–Trinajstić information content (AvgIpc) is 3.06. The fourth-order valence-corrected chi connectivity index (χ4v) is 4.52. The van der Waals surface area contributed by atoms with E-state index in [1.54, 1.807) is 0 Å². The molecule has 0 spiro atoms. The molecule has 1 atom stereocenters. The van der Waals surface area contributed by atoms with Crippen molar-refractivity contribution < 1.29 is 4.79 Å². The summed E-state index contributed by atoms with van der Waals surface area (Å²) in [7, 11) is 0. The molecule has 3 rings (SSSR count). The molecule has 0 aliphatic carbocycles. The fraction of sp³-hybridized carbons (Fsp3) is 0.417. The van der Waals surface area contributed by atoms with Crippen molar-refractivity contribution in [3.63, 3.8) is 0 Å². The van der Waals surface area contributed by atoms with Crippen LogP contribution in [0.4, 0.5) is 0 Å². The molecule has 0 aliphatic heterocycles. The van der Waals surface area contributed by atoms with Gasteiger partial charge < -0.3 is 15.7 Å². The van der Waals surface area contributed by atoms with E-state index in [-0.39, 0.29) is 30.0 Å². The van der Waals surface area contributed by atoms with E-state index in [4.69, 9.17) is 5.84 Å². The Labute approximate surface area is 191 Å². The Balaban J connectivity index is 2.02. The van der Waals surface area contributed by atoms with E-state index in [2.05, 4.69) is 59.7 Å². The van der Waals surface area contributed by atoms with Gasteiger partial charge in [0.15, 0.2) is 0 Å². The standard InChI is InChI=1S/C24H31BrN4O2/c1-7-14(4)18-8-16(6)29(26)24(31)20(18)11-27-23(30)19-9-17(25)10-21-22(19)15(5)12-28(21)13(2)3/h8-10,12-14H,7,11,26H2,1-6H3,(H,27,30). The predicted molar refractivity (Wildman–Crippen MR) is 130 cm³/mol. The van der Waals surface area contributed by atoms with Crippen molar-refractivity contribution in [2.45, 2.75) is 66.5 Å². The molecular weight excluding hydrogens is 456 g/mol. The Morgan fingerprint density at radius 3 is 2.48 bits per heavy atom. The quantitative estimate of drug-likeness (QED) is 0.485. The zero-order valence-electron chi connectivity index (χ0n) is 19.0. The summed E-state index contributed by atoms with van der Waals surface area (Å²) in [5, 5.41) is 3.90. The topological polar surface area (TPSA) is 82.1 Å². The highest BCUT2D eigenvalue weighted by Gasteiger charge is 2.20. The molecule has 0 radical (unpaired) electrons. The van der Waals surface area contributed by atoms with E-state index in [0.717, 1.165) is 37.6 Å². The van der Waals surface area contributed by atoms with Gasteiger partial charge in [0, 0.05) is 39.9 Å². The second-order valence-electron chi connectivity index (χ2n) is 8.55. The van der Waals surface area contributed by atoms with Gasteiger partial charge >= 0.3 is 0 Å². The van der Waals surface area contributed by atoms with Crippen LogP contribution in [-0.2, 0) is 6.54 Å². The van der Waals surface area contributed by atoms with Gasteiger partial charge in [-0.05, 0) is 69.4 Å². The van der Waals surface area contributed by atoms with Crippen molar-refractivity contribution >= 4 is 32.7 Å². The van der Waals surface area contributed by atoms with Crippen LogP contribution in [-0.4, -0.2) is 15.2 Å². The minimum atomic E-state index is -0.267. The van der Waals surface area contributed by atoms with E-state index in [1.165, 1.54) is 0 Å². The van der Waals surface area contributed by atoms with E-state index < -0.39 is 0 Å². The van der Waals surface area contributed by atoms with Gasteiger partial charge in [-0.25, -0.2) is 4.68 Å². The lowest BCUT2D eigenvalue weighted by Crippen LogP contribution is -2.36. The second-order valence-corrected chi connectivity index (χ2v) is 9.46. The molecule has 3 aromatic rings. The summed E-state index contributed by atoms with van der Waals surface area (Å²) in [5.74, 6) is 5.92. The number of hydrogen-bond acceptors (Lipinski definition) is 3. The van der Waals surface area contributed by atoms with Gasteiger partial charge in [0.2, 0.25) is 0 Å². The summed E-state index contributed by atoms with van der Waals surface area (Å²) in [6, 6.07) is 6.09. The van der Waals surface area contributed by atoms with Crippen LogP contribution in [0.15, 0.2) is 33.7 Å². The maximum atomic E-state index is 13.2. The molecule has 7 heteroatoms. The van der Waals surface area contributed by atoms with Gasteiger partial charge in [-0.15, -0.1) is 0 Å². The summed E-state index contributed by atoms with van der Waals surface area (Å²) in [6.07, 6.45) is 2.97. The highest BCUT2D eigenvalue weighted by atomic mass is 79.9. The minimum Gasteiger partial charge on any atom is -0.348 e.